The second-order valence-corrected chi connectivity index (χ2v) is 7.09. The van der Waals surface area contributed by atoms with Gasteiger partial charge in [0.2, 0.25) is 11.9 Å². The van der Waals surface area contributed by atoms with Crippen LogP contribution in [0.3, 0.4) is 0 Å². The van der Waals surface area contributed by atoms with Crippen LogP contribution in [-0.4, -0.2) is 54.0 Å². The summed E-state index contributed by atoms with van der Waals surface area (Å²) in [6, 6.07) is 9.77. The average molecular weight is 383 g/mol. The van der Waals surface area contributed by atoms with Crippen molar-refractivity contribution in [2.24, 2.45) is 0 Å². The van der Waals surface area contributed by atoms with E-state index < -0.39 is 0 Å². The Kier molecular flexibility index (Phi) is 5.60. The van der Waals surface area contributed by atoms with Gasteiger partial charge in [0.1, 0.15) is 0 Å². The van der Waals surface area contributed by atoms with Gasteiger partial charge < -0.3 is 15.1 Å². The molecule has 0 aliphatic heterocycles. The molecule has 140 valence electrons. The molecule has 9 heteroatoms. The van der Waals surface area contributed by atoms with Gasteiger partial charge in [0.15, 0.2) is 10.8 Å². The lowest BCUT2D eigenvalue weighted by Crippen LogP contribution is -2.26. The van der Waals surface area contributed by atoms with Crippen LogP contribution in [-0.2, 0) is 6.54 Å². The molecule has 0 aliphatic carbocycles. The first-order chi connectivity index (χ1) is 12.9. The fraction of sp³-hybridized carbons (Fsp3) is 0.278. The third kappa shape index (κ3) is 4.56. The van der Waals surface area contributed by atoms with Crippen molar-refractivity contribution in [2.45, 2.75) is 6.54 Å². The smallest absolute Gasteiger partial charge is 0.280 e. The number of benzene rings is 1. The van der Waals surface area contributed by atoms with Gasteiger partial charge in [-0.25, -0.2) is 4.98 Å². The van der Waals surface area contributed by atoms with E-state index in [4.69, 9.17) is 0 Å². The Morgan fingerprint density at radius 2 is 1.59 bits per heavy atom. The van der Waals surface area contributed by atoms with Crippen LogP contribution >= 0.6 is 11.3 Å². The van der Waals surface area contributed by atoms with Crippen molar-refractivity contribution < 1.29 is 4.79 Å². The maximum absolute atomic E-state index is 12.4. The van der Waals surface area contributed by atoms with E-state index in [2.05, 4.69) is 25.3 Å². The van der Waals surface area contributed by atoms with Crippen LogP contribution in [0.15, 0.2) is 35.7 Å². The summed E-state index contributed by atoms with van der Waals surface area (Å²) < 4.78 is 0. The second-order valence-electron chi connectivity index (χ2n) is 6.23. The fourth-order valence-electron chi connectivity index (χ4n) is 2.23. The van der Waals surface area contributed by atoms with Crippen LogP contribution in [0.2, 0.25) is 0 Å². The Labute approximate surface area is 161 Å². The number of thiazole rings is 1. The van der Waals surface area contributed by atoms with E-state index in [1.54, 1.807) is 9.80 Å². The number of hydrogen-bond acceptors (Lipinski definition) is 8. The first-order valence-corrected chi connectivity index (χ1v) is 9.20. The quantitative estimate of drug-likeness (QED) is 0.697. The highest BCUT2D eigenvalue weighted by Gasteiger charge is 2.14. The SMILES string of the molecule is CN(C)c1nc(CNC(=O)c2nc(-c3ccccc3)cs2)nc(N(C)C)n1. The molecule has 0 saturated carbocycles. The third-order valence-electron chi connectivity index (χ3n) is 3.63. The fourth-order valence-corrected chi connectivity index (χ4v) is 2.97. The van der Waals surface area contributed by atoms with Gasteiger partial charge in [-0.05, 0) is 0 Å². The largest absolute Gasteiger partial charge is 0.347 e. The molecule has 2 aromatic heterocycles. The minimum Gasteiger partial charge on any atom is -0.347 e. The van der Waals surface area contributed by atoms with E-state index in [1.807, 2.05) is 63.9 Å². The summed E-state index contributed by atoms with van der Waals surface area (Å²) in [6.45, 7) is 0.198. The molecular formula is C18H21N7OS. The highest BCUT2D eigenvalue weighted by molar-refractivity contribution is 7.12. The van der Waals surface area contributed by atoms with E-state index in [0.717, 1.165) is 11.3 Å². The molecule has 1 aromatic carbocycles. The van der Waals surface area contributed by atoms with Crippen LogP contribution in [0.5, 0.6) is 0 Å². The Morgan fingerprint density at radius 3 is 2.19 bits per heavy atom. The number of anilines is 2. The summed E-state index contributed by atoms with van der Waals surface area (Å²) in [7, 11) is 7.44. The Balaban J connectivity index is 1.72. The summed E-state index contributed by atoms with van der Waals surface area (Å²) >= 11 is 1.31. The summed E-state index contributed by atoms with van der Waals surface area (Å²) in [5.74, 6) is 1.32. The number of carbonyl (C=O) groups excluding carboxylic acids is 1. The van der Waals surface area contributed by atoms with E-state index in [9.17, 15) is 4.79 Å². The van der Waals surface area contributed by atoms with Crippen molar-refractivity contribution in [3.63, 3.8) is 0 Å². The number of aromatic nitrogens is 4. The van der Waals surface area contributed by atoms with Crippen molar-refractivity contribution in [2.75, 3.05) is 38.0 Å². The normalized spacial score (nSPS) is 10.5. The molecule has 0 unspecified atom stereocenters. The van der Waals surface area contributed by atoms with Gasteiger partial charge in [-0.2, -0.15) is 15.0 Å². The minimum absolute atomic E-state index is 0.198. The molecule has 0 spiro atoms. The van der Waals surface area contributed by atoms with Crippen molar-refractivity contribution in [1.82, 2.24) is 25.3 Å². The van der Waals surface area contributed by atoms with Gasteiger partial charge in [0, 0.05) is 39.1 Å². The van der Waals surface area contributed by atoms with Crippen molar-refractivity contribution >= 4 is 29.1 Å². The van der Waals surface area contributed by atoms with E-state index in [1.165, 1.54) is 11.3 Å². The molecular weight excluding hydrogens is 362 g/mol. The summed E-state index contributed by atoms with van der Waals surface area (Å²) in [6.07, 6.45) is 0. The minimum atomic E-state index is -0.250. The Morgan fingerprint density at radius 1 is 0.963 bits per heavy atom. The summed E-state index contributed by atoms with van der Waals surface area (Å²) in [5.41, 5.74) is 1.77. The van der Waals surface area contributed by atoms with Crippen LogP contribution in [0.1, 0.15) is 15.6 Å². The van der Waals surface area contributed by atoms with Crippen LogP contribution in [0, 0.1) is 0 Å². The molecule has 27 heavy (non-hydrogen) atoms. The zero-order valence-corrected chi connectivity index (χ0v) is 16.5. The van der Waals surface area contributed by atoms with Gasteiger partial charge in [-0.15, -0.1) is 11.3 Å². The molecule has 1 N–H and O–H groups in total. The van der Waals surface area contributed by atoms with Gasteiger partial charge >= 0.3 is 0 Å². The lowest BCUT2D eigenvalue weighted by molar-refractivity contribution is 0.0949. The predicted octanol–water partition coefficient (Wildman–Crippen LogP) is 2.06. The van der Waals surface area contributed by atoms with Gasteiger partial charge in [0.05, 0.1) is 12.2 Å². The zero-order chi connectivity index (χ0) is 19.4. The molecule has 0 saturated heterocycles. The lowest BCUT2D eigenvalue weighted by Gasteiger charge is -2.16. The van der Waals surface area contributed by atoms with Gasteiger partial charge in [-0.1, -0.05) is 30.3 Å². The summed E-state index contributed by atoms with van der Waals surface area (Å²) in [5, 5.41) is 5.11. The number of nitrogens with zero attached hydrogens (tertiary/aromatic N) is 6. The average Bonchev–Trinajstić information content (AvgIpc) is 3.17. The topological polar surface area (TPSA) is 87.1 Å². The number of nitrogens with one attached hydrogen (secondary N) is 1. The molecule has 0 fully saturated rings. The molecule has 8 nitrogen and oxygen atoms in total. The molecule has 1 amide bonds. The van der Waals surface area contributed by atoms with E-state index >= 15 is 0 Å². The number of rotatable bonds is 6. The third-order valence-corrected chi connectivity index (χ3v) is 4.47. The van der Waals surface area contributed by atoms with E-state index in [0.29, 0.717) is 22.7 Å². The van der Waals surface area contributed by atoms with Crippen molar-refractivity contribution in [1.29, 1.82) is 0 Å². The number of carbonyl (C=O) groups is 1. The molecule has 0 radical (unpaired) electrons. The number of hydrogen-bond donors (Lipinski definition) is 1. The van der Waals surface area contributed by atoms with Gasteiger partial charge in [-0.3, -0.25) is 4.79 Å². The Bertz CT molecular complexity index is 898. The molecule has 0 aliphatic rings. The second kappa shape index (κ2) is 8.09. The maximum Gasteiger partial charge on any atom is 0.280 e. The Hall–Kier alpha value is -3.07. The van der Waals surface area contributed by atoms with Gasteiger partial charge in [0.25, 0.3) is 5.91 Å². The van der Waals surface area contributed by atoms with Crippen LogP contribution in [0.25, 0.3) is 11.3 Å². The van der Waals surface area contributed by atoms with Crippen molar-refractivity contribution in [3.05, 3.63) is 46.5 Å². The molecule has 2 heterocycles. The highest BCUT2D eigenvalue weighted by atomic mass is 32.1. The molecule has 0 atom stereocenters. The van der Waals surface area contributed by atoms with E-state index in [-0.39, 0.29) is 12.5 Å². The highest BCUT2D eigenvalue weighted by Crippen LogP contribution is 2.21. The molecule has 0 bridgehead atoms. The lowest BCUT2D eigenvalue weighted by atomic mass is 10.2. The molecule has 3 aromatic rings. The number of amides is 1. The monoisotopic (exact) mass is 383 g/mol. The predicted molar refractivity (Wildman–Crippen MR) is 107 cm³/mol. The summed E-state index contributed by atoms with van der Waals surface area (Å²) in [4.78, 5) is 33.6. The maximum atomic E-state index is 12.4. The first-order valence-electron chi connectivity index (χ1n) is 8.33. The zero-order valence-electron chi connectivity index (χ0n) is 15.7. The van der Waals surface area contributed by atoms with Crippen molar-refractivity contribution in [3.8, 4) is 11.3 Å². The van der Waals surface area contributed by atoms with Crippen LogP contribution in [0.4, 0.5) is 11.9 Å². The first kappa shape index (κ1) is 18.7. The van der Waals surface area contributed by atoms with Crippen LogP contribution < -0.4 is 15.1 Å². The standard InChI is InChI=1S/C18H21N7OS/c1-24(2)17-21-14(22-18(23-17)25(3)4)10-19-15(26)16-20-13(11-27-16)12-8-6-5-7-9-12/h5-9,11H,10H2,1-4H3,(H,19,26). The molecule has 3 rings (SSSR count).